The summed E-state index contributed by atoms with van der Waals surface area (Å²) in [4.78, 5) is 11.6. The molecule has 0 amide bonds. The number of Topliss-reactive ketones (excluding diaryl/α,β-unsaturated/α-hetero) is 1. The van der Waals surface area contributed by atoms with Crippen LogP contribution in [-0.4, -0.2) is 12.9 Å². The maximum atomic E-state index is 11.6. The molecule has 0 saturated heterocycles. The molecular weight excluding hydrogens is 308 g/mol. The van der Waals surface area contributed by atoms with E-state index >= 15 is 0 Å². The summed E-state index contributed by atoms with van der Waals surface area (Å²) in [6.07, 6.45) is 0. The van der Waals surface area contributed by atoms with Crippen LogP contribution in [0.1, 0.15) is 17.3 Å². The number of rotatable bonds is 4. The number of carbonyl (C=O) groups excluding carboxylic acids is 1. The molecule has 0 aromatic heterocycles. The van der Waals surface area contributed by atoms with Crippen molar-refractivity contribution in [3.05, 3.63) is 52.5 Å². The molecule has 2 aromatic rings. The maximum Gasteiger partial charge on any atom is 0.163 e. The number of carbonyl (C=O) groups is 1. The van der Waals surface area contributed by atoms with Crippen molar-refractivity contribution in [2.75, 3.05) is 7.11 Å². The van der Waals surface area contributed by atoms with Crippen LogP contribution in [0.4, 0.5) is 0 Å². The predicted molar refractivity (Wildman–Crippen MR) is 77.2 cm³/mol. The topological polar surface area (TPSA) is 35.5 Å². The van der Waals surface area contributed by atoms with Crippen molar-refractivity contribution in [2.45, 2.75) is 6.92 Å². The molecule has 0 radical (unpaired) electrons. The van der Waals surface area contributed by atoms with E-state index in [9.17, 15) is 4.79 Å². The summed E-state index contributed by atoms with van der Waals surface area (Å²) in [6.45, 7) is 1.52. The predicted octanol–water partition coefficient (Wildman–Crippen LogP) is 4.45. The zero-order valence-corrected chi connectivity index (χ0v) is 12.2. The molecule has 0 N–H and O–H groups in total. The van der Waals surface area contributed by atoms with Crippen molar-refractivity contribution >= 4 is 21.7 Å². The number of halogens is 1. The highest BCUT2D eigenvalue weighted by atomic mass is 79.9. The smallest absolute Gasteiger partial charge is 0.163 e. The van der Waals surface area contributed by atoms with E-state index in [-0.39, 0.29) is 5.78 Å². The Labute approximate surface area is 120 Å². The standard InChI is InChI=1S/C15H13BrO3/c1-10(17)14-7-6-11(16)8-15(14)19-13-5-3-4-12(9-13)18-2/h3-9H,1-2H3. The first kappa shape index (κ1) is 13.6. The van der Waals surface area contributed by atoms with Crippen molar-refractivity contribution in [1.29, 1.82) is 0 Å². The second-order valence-corrected chi connectivity index (χ2v) is 4.89. The van der Waals surface area contributed by atoms with Crippen molar-refractivity contribution in [2.24, 2.45) is 0 Å². The Morgan fingerprint density at radius 3 is 2.53 bits per heavy atom. The number of methoxy groups -OCH3 is 1. The number of ether oxygens (including phenoxy) is 2. The van der Waals surface area contributed by atoms with Gasteiger partial charge in [-0.25, -0.2) is 0 Å². The van der Waals surface area contributed by atoms with E-state index in [0.717, 1.165) is 4.47 Å². The molecule has 4 heteroatoms. The summed E-state index contributed by atoms with van der Waals surface area (Å²) in [5.74, 6) is 1.82. The minimum absolute atomic E-state index is 0.0367. The van der Waals surface area contributed by atoms with Crippen molar-refractivity contribution in [3.63, 3.8) is 0 Å². The van der Waals surface area contributed by atoms with Gasteiger partial charge in [-0.1, -0.05) is 22.0 Å². The first-order chi connectivity index (χ1) is 9.10. The van der Waals surface area contributed by atoms with Gasteiger partial charge in [0.25, 0.3) is 0 Å². The average molecular weight is 321 g/mol. The molecule has 19 heavy (non-hydrogen) atoms. The largest absolute Gasteiger partial charge is 0.497 e. The Morgan fingerprint density at radius 2 is 1.84 bits per heavy atom. The van der Waals surface area contributed by atoms with E-state index in [4.69, 9.17) is 9.47 Å². The van der Waals surface area contributed by atoms with Gasteiger partial charge in [0, 0.05) is 10.5 Å². The number of benzene rings is 2. The summed E-state index contributed by atoms with van der Waals surface area (Å²) in [6, 6.07) is 12.6. The van der Waals surface area contributed by atoms with Gasteiger partial charge in [0.15, 0.2) is 5.78 Å². The molecule has 0 aliphatic rings. The van der Waals surface area contributed by atoms with Crippen molar-refractivity contribution < 1.29 is 14.3 Å². The summed E-state index contributed by atoms with van der Waals surface area (Å²) in [5.41, 5.74) is 0.547. The van der Waals surface area contributed by atoms with Crippen LogP contribution in [-0.2, 0) is 0 Å². The van der Waals surface area contributed by atoms with E-state index in [1.54, 1.807) is 25.3 Å². The van der Waals surface area contributed by atoms with Crippen molar-refractivity contribution in [3.8, 4) is 17.2 Å². The zero-order chi connectivity index (χ0) is 13.8. The van der Waals surface area contributed by atoms with Crippen LogP contribution in [0.3, 0.4) is 0 Å². The summed E-state index contributed by atoms with van der Waals surface area (Å²) < 4.78 is 11.8. The molecule has 0 spiro atoms. The van der Waals surface area contributed by atoms with E-state index < -0.39 is 0 Å². The third-order valence-electron chi connectivity index (χ3n) is 2.59. The Morgan fingerprint density at radius 1 is 1.11 bits per heavy atom. The number of hydrogen-bond donors (Lipinski definition) is 0. The van der Waals surface area contributed by atoms with Gasteiger partial charge in [0.2, 0.25) is 0 Å². The van der Waals surface area contributed by atoms with Crippen LogP contribution in [0.5, 0.6) is 17.2 Å². The number of hydrogen-bond acceptors (Lipinski definition) is 3. The maximum absolute atomic E-state index is 11.6. The second-order valence-electron chi connectivity index (χ2n) is 3.98. The molecule has 0 aliphatic heterocycles. The fourth-order valence-electron chi connectivity index (χ4n) is 1.66. The molecule has 0 fully saturated rings. The monoisotopic (exact) mass is 320 g/mol. The molecule has 98 valence electrons. The SMILES string of the molecule is COc1cccc(Oc2cc(Br)ccc2C(C)=O)c1. The molecule has 0 saturated carbocycles. The van der Waals surface area contributed by atoms with Crippen LogP contribution in [0.15, 0.2) is 46.9 Å². The fourth-order valence-corrected chi connectivity index (χ4v) is 2.00. The van der Waals surface area contributed by atoms with Gasteiger partial charge in [-0.3, -0.25) is 4.79 Å². The van der Waals surface area contributed by atoms with Crippen LogP contribution in [0.2, 0.25) is 0 Å². The highest BCUT2D eigenvalue weighted by molar-refractivity contribution is 9.10. The Bertz CT molecular complexity index is 608. The first-order valence-corrected chi connectivity index (χ1v) is 6.52. The van der Waals surface area contributed by atoms with E-state index in [0.29, 0.717) is 22.8 Å². The molecule has 2 aromatic carbocycles. The van der Waals surface area contributed by atoms with Gasteiger partial charge in [0.1, 0.15) is 17.2 Å². The quantitative estimate of drug-likeness (QED) is 0.780. The van der Waals surface area contributed by atoms with Crippen LogP contribution in [0, 0.1) is 0 Å². The lowest BCUT2D eigenvalue weighted by Gasteiger charge is -2.10. The molecule has 0 atom stereocenters. The average Bonchev–Trinajstić information content (AvgIpc) is 2.38. The van der Waals surface area contributed by atoms with Gasteiger partial charge in [-0.15, -0.1) is 0 Å². The molecule has 0 bridgehead atoms. The van der Waals surface area contributed by atoms with Gasteiger partial charge < -0.3 is 9.47 Å². The Hall–Kier alpha value is -1.81. The minimum atomic E-state index is -0.0367. The summed E-state index contributed by atoms with van der Waals surface area (Å²) in [5, 5.41) is 0. The molecule has 3 nitrogen and oxygen atoms in total. The van der Waals surface area contributed by atoms with Crippen LogP contribution < -0.4 is 9.47 Å². The lowest BCUT2D eigenvalue weighted by Crippen LogP contribution is -1.97. The van der Waals surface area contributed by atoms with E-state index in [1.807, 2.05) is 24.3 Å². The molecular formula is C15H13BrO3. The lowest BCUT2D eigenvalue weighted by atomic mass is 10.1. The summed E-state index contributed by atoms with van der Waals surface area (Å²) >= 11 is 3.37. The third kappa shape index (κ3) is 3.35. The third-order valence-corrected chi connectivity index (χ3v) is 3.09. The summed E-state index contributed by atoms with van der Waals surface area (Å²) in [7, 11) is 1.60. The second kappa shape index (κ2) is 5.89. The zero-order valence-electron chi connectivity index (χ0n) is 10.6. The lowest BCUT2D eigenvalue weighted by molar-refractivity contribution is 0.101. The Balaban J connectivity index is 2.36. The highest BCUT2D eigenvalue weighted by Gasteiger charge is 2.10. The first-order valence-electron chi connectivity index (χ1n) is 5.72. The molecule has 0 aliphatic carbocycles. The molecule has 0 heterocycles. The minimum Gasteiger partial charge on any atom is -0.497 e. The van der Waals surface area contributed by atoms with Gasteiger partial charge in [-0.05, 0) is 37.3 Å². The van der Waals surface area contributed by atoms with E-state index in [1.165, 1.54) is 6.92 Å². The molecule has 0 unspecified atom stereocenters. The van der Waals surface area contributed by atoms with Crippen LogP contribution in [0.25, 0.3) is 0 Å². The van der Waals surface area contributed by atoms with Crippen LogP contribution >= 0.6 is 15.9 Å². The molecule has 2 rings (SSSR count). The fraction of sp³-hybridized carbons (Fsp3) is 0.133. The van der Waals surface area contributed by atoms with Gasteiger partial charge in [-0.2, -0.15) is 0 Å². The van der Waals surface area contributed by atoms with Crippen molar-refractivity contribution in [1.82, 2.24) is 0 Å². The number of ketones is 1. The normalized spacial score (nSPS) is 10.1. The Kier molecular flexibility index (Phi) is 4.22. The van der Waals surface area contributed by atoms with E-state index in [2.05, 4.69) is 15.9 Å². The highest BCUT2D eigenvalue weighted by Crippen LogP contribution is 2.30. The van der Waals surface area contributed by atoms with Gasteiger partial charge >= 0.3 is 0 Å². The van der Waals surface area contributed by atoms with Gasteiger partial charge in [0.05, 0.1) is 12.7 Å².